The van der Waals surface area contributed by atoms with Crippen LogP contribution in [0.2, 0.25) is 0 Å². The molecule has 25 heavy (non-hydrogen) atoms. The van der Waals surface area contributed by atoms with E-state index in [1.807, 2.05) is 56.3 Å². The molecule has 4 nitrogen and oxygen atoms in total. The van der Waals surface area contributed by atoms with Crippen LogP contribution in [0.25, 0.3) is 0 Å². The zero-order valence-corrected chi connectivity index (χ0v) is 15.5. The minimum absolute atomic E-state index is 0.0187. The number of hydrogen-bond acceptors (Lipinski definition) is 3. The molecule has 0 saturated heterocycles. The topological polar surface area (TPSA) is 47.6 Å². The van der Waals surface area contributed by atoms with Crippen molar-refractivity contribution in [3.8, 4) is 11.5 Å². The number of hydrogen-bond donors (Lipinski definition) is 1. The normalized spacial score (nSPS) is 10.6. The van der Waals surface area contributed by atoms with Crippen molar-refractivity contribution in [1.82, 2.24) is 0 Å². The van der Waals surface area contributed by atoms with Crippen molar-refractivity contribution in [1.29, 1.82) is 0 Å². The summed E-state index contributed by atoms with van der Waals surface area (Å²) in [4.78, 5) is 12.0. The monoisotopic (exact) mass is 341 g/mol. The molecule has 0 aliphatic heterocycles. The third-order valence-corrected chi connectivity index (χ3v) is 3.95. The first-order valence-electron chi connectivity index (χ1n) is 8.67. The third-order valence-electron chi connectivity index (χ3n) is 3.95. The van der Waals surface area contributed by atoms with E-state index < -0.39 is 0 Å². The van der Waals surface area contributed by atoms with Gasteiger partial charge in [-0.15, -0.1) is 0 Å². The third kappa shape index (κ3) is 6.49. The fraction of sp³-hybridized carbons (Fsp3) is 0.381. The Hall–Kier alpha value is -2.49. The van der Waals surface area contributed by atoms with Gasteiger partial charge in [-0.1, -0.05) is 19.9 Å². The first-order valence-corrected chi connectivity index (χ1v) is 8.67. The molecule has 4 heteroatoms. The summed E-state index contributed by atoms with van der Waals surface area (Å²) in [5, 5.41) is 2.82. The fourth-order valence-corrected chi connectivity index (χ4v) is 2.20. The number of nitrogens with one attached hydrogen (secondary N) is 1. The second-order valence-corrected chi connectivity index (χ2v) is 6.64. The molecule has 0 aliphatic carbocycles. The van der Waals surface area contributed by atoms with Crippen molar-refractivity contribution in [3.05, 3.63) is 53.6 Å². The molecule has 1 N–H and O–H groups in total. The van der Waals surface area contributed by atoms with Gasteiger partial charge in [0.05, 0.1) is 6.61 Å². The summed E-state index contributed by atoms with van der Waals surface area (Å²) in [7, 11) is 0. The van der Waals surface area contributed by atoms with Gasteiger partial charge in [-0.3, -0.25) is 4.79 Å². The largest absolute Gasteiger partial charge is 0.494 e. The molecule has 134 valence electrons. The molecule has 2 aromatic carbocycles. The van der Waals surface area contributed by atoms with Crippen LogP contribution in [0.1, 0.15) is 31.4 Å². The quantitative estimate of drug-likeness (QED) is 0.754. The Kier molecular flexibility index (Phi) is 6.87. The lowest BCUT2D eigenvalue weighted by atomic mass is 10.1. The van der Waals surface area contributed by atoms with Gasteiger partial charge in [0.15, 0.2) is 6.61 Å². The average molecular weight is 341 g/mol. The van der Waals surface area contributed by atoms with Gasteiger partial charge < -0.3 is 14.8 Å². The van der Waals surface area contributed by atoms with Crippen molar-refractivity contribution in [2.75, 3.05) is 18.5 Å². The maximum absolute atomic E-state index is 12.0. The van der Waals surface area contributed by atoms with Crippen LogP contribution >= 0.6 is 0 Å². The molecule has 0 atom stereocenters. The Balaban J connectivity index is 1.78. The Bertz CT molecular complexity index is 693. The maximum Gasteiger partial charge on any atom is 0.262 e. The molecule has 0 spiro atoms. The van der Waals surface area contributed by atoms with Crippen molar-refractivity contribution in [2.24, 2.45) is 5.92 Å². The highest BCUT2D eigenvalue weighted by Crippen LogP contribution is 2.18. The number of amides is 1. The molecule has 0 saturated carbocycles. The van der Waals surface area contributed by atoms with Gasteiger partial charge in [-0.2, -0.15) is 0 Å². The summed E-state index contributed by atoms with van der Waals surface area (Å²) in [6.07, 6.45) is 1.02. The van der Waals surface area contributed by atoms with E-state index in [1.54, 1.807) is 0 Å². The van der Waals surface area contributed by atoms with Gasteiger partial charge >= 0.3 is 0 Å². The number of benzene rings is 2. The SMILES string of the molecule is Cc1ccc(OCC(=O)Nc2ccc(OCCC(C)C)cc2)cc1C. The summed E-state index contributed by atoms with van der Waals surface area (Å²) >= 11 is 0. The summed E-state index contributed by atoms with van der Waals surface area (Å²) in [6.45, 7) is 9.08. The smallest absolute Gasteiger partial charge is 0.262 e. The van der Waals surface area contributed by atoms with Crippen LogP contribution in [0.3, 0.4) is 0 Å². The zero-order chi connectivity index (χ0) is 18.2. The molecule has 1 amide bonds. The van der Waals surface area contributed by atoms with E-state index in [0.29, 0.717) is 18.3 Å². The number of carbonyl (C=O) groups is 1. The van der Waals surface area contributed by atoms with Crippen molar-refractivity contribution < 1.29 is 14.3 Å². The molecule has 0 bridgehead atoms. The van der Waals surface area contributed by atoms with E-state index in [9.17, 15) is 4.79 Å². The van der Waals surface area contributed by atoms with Gasteiger partial charge in [0, 0.05) is 5.69 Å². The fourth-order valence-electron chi connectivity index (χ4n) is 2.20. The highest BCUT2D eigenvalue weighted by atomic mass is 16.5. The van der Waals surface area contributed by atoms with Crippen LogP contribution in [0, 0.1) is 19.8 Å². The lowest BCUT2D eigenvalue weighted by Gasteiger charge is -2.10. The van der Waals surface area contributed by atoms with Gasteiger partial charge in [0.2, 0.25) is 0 Å². The minimum Gasteiger partial charge on any atom is -0.494 e. The van der Waals surface area contributed by atoms with Gasteiger partial charge in [-0.25, -0.2) is 0 Å². The summed E-state index contributed by atoms with van der Waals surface area (Å²) in [6, 6.07) is 13.2. The zero-order valence-electron chi connectivity index (χ0n) is 15.5. The lowest BCUT2D eigenvalue weighted by molar-refractivity contribution is -0.118. The molecule has 0 fully saturated rings. The van der Waals surface area contributed by atoms with Crippen LogP contribution in [-0.2, 0) is 4.79 Å². The Labute approximate surface area is 150 Å². The van der Waals surface area contributed by atoms with Crippen LogP contribution in [0.4, 0.5) is 5.69 Å². The standard InChI is InChI=1S/C21H27NO3/c1-15(2)11-12-24-19-9-6-18(7-10-19)22-21(23)14-25-20-8-5-16(3)17(4)13-20/h5-10,13,15H,11-12,14H2,1-4H3,(H,22,23). The number of anilines is 1. The number of rotatable bonds is 8. The maximum atomic E-state index is 12.0. The molecular formula is C21H27NO3. The summed E-state index contributed by atoms with van der Waals surface area (Å²) in [5.74, 6) is 1.94. The molecule has 0 heterocycles. The molecule has 0 radical (unpaired) electrons. The number of ether oxygens (including phenoxy) is 2. The minimum atomic E-state index is -0.188. The summed E-state index contributed by atoms with van der Waals surface area (Å²) in [5.41, 5.74) is 3.07. The highest BCUT2D eigenvalue weighted by molar-refractivity contribution is 5.91. The van der Waals surface area contributed by atoms with E-state index in [4.69, 9.17) is 9.47 Å². The highest BCUT2D eigenvalue weighted by Gasteiger charge is 2.05. The van der Waals surface area contributed by atoms with Gasteiger partial charge in [0.1, 0.15) is 11.5 Å². The van der Waals surface area contributed by atoms with E-state index in [-0.39, 0.29) is 12.5 Å². The van der Waals surface area contributed by atoms with Crippen LogP contribution in [-0.4, -0.2) is 19.1 Å². The Morgan fingerprint density at radius 1 is 0.960 bits per heavy atom. The lowest BCUT2D eigenvalue weighted by Crippen LogP contribution is -2.20. The molecule has 2 aromatic rings. The summed E-state index contributed by atoms with van der Waals surface area (Å²) < 4.78 is 11.2. The predicted molar refractivity (Wildman–Crippen MR) is 101 cm³/mol. The molecule has 2 rings (SSSR count). The van der Waals surface area contributed by atoms with Gasteiger partial charge in [-0.05, 0) is 73.7 Å². The average Bonchev–Trinajstić information content (AvgIpc) is 2.57. The van der Waals surface area contributed by atoms with Crippen molar-refractivity contribution in [3.63, 3.8) is 0 Å². The van der Waals surface area contributed by atoms with Crippen LogP contribution in [0.15, 0.2) is 42.5 Å². The molecule has 0 aromatic heterocycles. The first-order chi connectivity index (χ1) is 11.9. The van der Waals surface area contributed by atoms with E-state index >= 15 is 0 Å². The molecule has 0 unspecified atom stereocenters. The Morgan fingerprint density at radius 2 is 1.64 bits per heavy atom. The van der Waals surface area contributed by atoms with E-state index in [1.165, 1.54) is 5.56 Å². The number of carbonyl (C=O) groups excluding carboxylic acids is 1. The van der Waals surface area contributed by atoms with Crippen LogP contribution < -0.4 is 14.8 Å². The second-order valence-electron chi connectivity index (χ2n) is 6.64. The second kappa shape index (κ2) is 9.11. The van der Waals surface area contributed by atoms with Gasteiger partial charge in [0.25, 0.3) is 5.91 Å². The van der Waals surface area contributed by atoms with Crippen molar-refractivity contribution >= 4 is 11.6 Å². The van der Waals surface area contributed by atoms with Crippen molar-refractivity contribution in [2.45, 2.75) is 34.1 Å². The van der Waals surface area contributed by atoms with Crippen LogP contribution in [0.5, 0.6) is 11.5 Å². The molecular weight excluding hydrogens is 314 g/mol. The molecule has 0 aliphatic rings. The van der Waals surface area contributed by atoms with E-state index in [2.05, 4.69) is 19.2 Å². The Morgan fingerprint density at radius 3 is 2.28 bits per heavy atom. The predicted octanol–water partition coefficient (Wildman–Crippen LogP) is 4.75. The first kappa shape index (κ1) is 18.8. The van der Waals surface area contributed by atoms with E-state index in [0.717, 1.165) is 23.4 Å². The number of aryl methyl sites for hydroxylation is 2.